The van der Waals surface area contributed by atoms with Gasteiger partial charge in [-0.15, -0.1) is 0 Å². The zero-order chi connectivity index (χ0) is 20.1. The number of hydrogen-bond acceptors (Lipinski definition) is 6. The number of nitriles is 1. The predicted octanol–water partition coefficient (Wildman–Crippen LogP) is 3.73. The van der Waals surface area contributed by atoms with E-state index >= 15 is 0 Å². The van der Waals surface area contributed by atoms with Gasteiger partial charge in [-0.25, -0.2) is 4.98 Å². The Morgan fingerprint density at radius 1 is 1.24 bits per heavy atom. The summed E-state index contributed by atoms with van der Waals surface area (Å²) in [5, 5.41) is 12.7. The zero-order valence-corrected chi connectivity index (χ0v) is 16.8. The first-order chi connectivity index (χ1) is 14.2. The van der Waals surface area contributed by atoms with Crippen LogP contribution >= 0.6 is 11.3 Å². The number of benzene rings is 2. The number of ether oxygens (including phenoxy) is 1. The Labute approximate surface area is 173 Å². The molecule has 6 nitrogen and oxygen atoms in total. The Balaban J connectivity index is 1.28. The number of nitrogens with one attached hydrogen (secondary N) is 1. The highest BCUT2D eigenvalue weighted by Gasteiger charge is 2.26. The fourth-order valence-electron chi connectivity index (χ4n) is 3.52. The quantitative estimate of drug-likeness (QED) is 0.675. The predicted molar refractivity (Wildman–Crippen MR) is 114 cm³/mol. The van der Waals surface area contributed by atoms with Crippen molar-refractivity contribution in [3.05, 3.63) is 54.1 Å². The molecule has 1 aliphatic rings. The Morgan fingerprint density at radius 3 is 2.86 bits per heavy atom. The number of thiazole rings is 1. The van der Waals surface area contributed by atoms with E-state index in [9.17, 15) is 4.79 Å². The molecule has 3 aromatic rings. The van der Waals surface area contributed by atoms with Gasteiger partial charge in [0, 0.05) is 25.6 Å². The molecule has 0 saturated carbocycles. The van der Waals surface area contributed by atoms with E-state index in [1.165, 1.54) is 4.70 Å². The van der Waals surface area contributed by atoms with E-state index in [2.05, 4.69) is 16.3 Å². The minimum Gasteiger partial charge on any atom is -0.479 e. The van der Waals surface area contributed by atoms with E-state index in [0.29, 0.717) is 12.3 Å². The maximum absolute atomic E-state index is 12.6. The van der Waals surface area contributed by atoms with Gasteiger partial charge < -0.3 is 15.0 Å². The Morgan fingerprint density at radius 2 is 2.07 bits per heavy atom. The third-order valence-electron chi connectivity index (χ3n) is 5.09. The number of carbonyl (C=O) groups excluding carboxylic acids is 1. The van der Waals surface area contributed by atoms with Crippen LogP contribution in [-0.4, -0.2) is 30.6 Å². The molecule has 7 heteroatoms. The maximum Gasteiger partial charge on any atom is 0.223 e. The molecular formula is C22H22N4O2S. The standard InChI is InChI=1S/C22H22N4O2S/c23-10-13-28-18-5-3-4-16(14-18)15-24-21(27)17-8-11-26(12-9-17)22-25-19-6-1-2-7-20(19)29-22/h1-7,14,17H,8-9,11-13,15H2,(H,24,27). The van der Waals surface area contributed by atoms with E-state index in [4.69, 9.17) is 15.0 Å². The second kappa shape index (κ2) is 8.93. The SMILES string of the molecule is N#CCOc1cccc(CNC(=O)C2CCN(c3nc4ccccc4s3)CC2)c1. The molecule has 1 fully saturated rings. The maximum atomic E-state index is 12.6. The Kier molecular flexibility index (Phi) is 5.92. The molecule has 0 aliphatic carbocycles. The van der Waals surface area contributed by atoms with Crippen LogP contribution in [0.15, 0.2) is 48.5 Å². The van der Waals surface area contributed by atoms with E-state index in [1.54, 1.807) is 17.4 Å². The third kappa shape index (κ3) is 4.66. The molecule has 2 aromatic carbocycles. The summed E-state index contributed by atoms with van der Waals surface area (Å²) in [5.74, 6) is 0.762. The average Bonchev–Trinajstić information content (AvgIpc) is 3.21. The average molecular weight is 407 g/mol. The largest absolute Gasteiger partial charge is 0.479 e. The van der Waals surface area contributed by atoms with Gasteiger partial charge in [-0.2, -0.15) is 5.26 Å². The van der Waals surface area contributed by atoms with E-state index < -0.39 is 0 Å². The number of carbonyl (C=O) groups is 1. The Hall–Kier alpha value is -3.11. The summed E-state index contributed by atoms with van der Waals surface area (Å²) in [6, 6.07) is 17.6. The summed E-state index contributed by atoms with van der Waals surface area (Å²) in [6.45, 7) is 2.16. The van der Waals surface area contributed by atoms with Gasteiger partial charge in [-0.05, 0) is 42.7 Å². The highest BCUT2D eigenvalue weighted by atomic mass is 32.1. The molecule has 0 bridgehead atoms. The number of rotatable bonds is 6. The smallest absolute Gasteiger partial charge is 0.223 e. The van der Waals surface area contributed by atoms with Gasteiger partial charge in [0.1, 0.15) is 11.8 Å². The van der Waals surface area contributed by atoms with Crippen LogP contribution in [0.25, 0.3) is 10.2 Å². The molecule has 4 rings (SSSR count). The van der Waals surface area contributed by atoms with Crippen LogP contribution in [0.1, 0.15) is 18.4 Å². The molecule has 0 atom stereocenters. The third-order valence-corrected chi connectivity index (χ3v) is 6.18. The van der Waals surface area contributed by atoms with Gasteiger partial charge in [0.25, 0.3) is 0 Å². The van der Waals surface area contributed by atoms with E-state index in [1.807, 2.05) is 42.5 Å². The normalized spacial score (nSPS) is 14.5. The van der Waals surface area contributed by atoms with Crippen molar-refractivity contribution < 1.29 is 9.53 Å². The molecular weight excluding hydrogens is 384 g/mol. The van der Waals surface area contributed by atoms with Gasteiger partial charge in [-0.3, -0.25) is 4.79 Å². The van der Waals surface area contributed by atoms with Gasteiger partial charge in [-0.1, -0.05) is 35.6 Å². The fourth-order valence-corrected chi connectivity index (χ4v) is 4.54. The van der Waals surface area contributed by atoms with Gasteiger partial charge in [0.15, 0.2) is 11.7 Å². The van der Waals surface area contributed by atoms with Crippen LogP contribution < -0.4 is 15.0 Å². The topological polar surface area (TPSA) is 78.2 Å². The minimum absolute atomic E-state index is 0.0169. The molecule has 1 aliphatic heterocycles. The fraction of sp³-hybridized carbons (Fsp3) is 0.318. The monoisotopic (exact) mass is 406 g/mol. The lowest BCUT2D eigenvalue weighted by Crippen LogP contribution is -2.40. The van der Waals surface area contributed by atoms with Crippen LogP contribution in [0.2, 0.25) is 0 Å². The lowest BCUT2D eigenvalue weighted by molar-refractivity contribution is -0.125. The van der Waals surface area contributed by atoms with Crippen molar-refractivity contribution >= 4 is 32.6 Å². The van der Waals surface area contributed by atoms with Crippen LogP contribution in [0.5, 0.6) is 5.75 Å². The van der Waals surface area contributed by atoms with Crippen LogP contribution in [-0.2, 0) is 11.3 Å². The summed E-state index contributed by atoms with van der Waals surface area (Å²) in [6.07, 6.45) is 1.65. The molecule has 0 radical (unpaired) electrons. The molecule has 0 unspecified atom stereocenters. The van der Waals surface area contributed by atoms with Crippen molar-refractivity contribution in [2.24, 2.45) is 5.92 Å². The number of para-hydroxylation sites is 1. The second-order valence-corrected chi connectivity index (χ2v) is 8.05. The van der Waals surface area contributed by atoms with Crippen molar-refractivity contribution in [3.63, 3.8) is 0 Å². The first-order valence-electron chi connectivity index (χ1n) is 9.70. The highest BCUT2D eigenvalue weighted by molar-refractivity contribution is 7.22. The molecule has 2 heterocycles. The number of aromatic nitrogens is 1. The molecule has 1 amide bonds. The molecule has 29 heavy (non-hydrogen) atoms. The van der Waals surface area contributed by atoms with Crippen LogP contribution in [0, 0.1) is 17.2 Å². The summed E-state index contributed by atoms with van der Waals surface area (Å²) in [4.78, 5) is 19.6. The van der Waals surface area contributed by atoms with Crippen molar-refractivity contribution in [3.8, 4) is 11.8 Å². The Bertz CT molecular complexity index is 1000. The molecule has 0 spiro atoms. The van der Waals surface area contributed by atoms with Gasteiger partial charge in [0.2, 0.25) is 5.91 Å². The highest BCUT2D eigenvalue weighted by Crippen LogP contribution is 2.31. The molecule has 1 saturated heterocycles. The van der Waals surface area contributed by atoms with Crippen LogP contribution in [0.4, 0.5) is 5.13 Å². The van der Waals surface area contributed by atoms with Crippen molar-refractivity contribution in [2.45, 2.75) is 19.4 Å². The van der Waals surface area contributed by atoms with Crippen molar-refractivity contribution in [2.75, 3.05) is 24.6 Å². The first-order valence-corrected chi connectivity index (χ1v) is 10.5. The number of hydrogen-bond donors (Lipinski definition) is 1. The summed E-state index contributed by atoms with van der Waals surface area (Å²) in [7, 11) is 0. The second-order valence-electron chi connectivity index (χ2n) is 7.04. The zero-order valence-electron chi connectivity index (χ0n) is 16.0. The first kappa shape index (κ1) is 19.2. The van der Waals surface area contributed by atoms with E-state index in [-0.39, 0.29) is 18.4 Å². The van der Waals surface area contributed by atoms with Crippen molar-refractivity contribution in [1.82, 2.24) is 10.3 Å². The number of amides is 1. The minimum atomic E-state index is 0.0169. The lowest BCUT2D eigenvalue weighted by atomic mass is 9.96. The number of anilines is 1. The number of piperidine rings is 1. The summed E-state index contributed by atoms with van der Waals surface area (Å²) >= 11 is 1.71. The summed E-state index contributed by atoms with van der Waals surface area (Å²) in [5.41, 5.74) is 1.99. The molecule has 1 N–H and O–H groups in total. The van der Waals surface area contributed by atoms with Gasteiger partial charge >= 0.3 is 0 Å². The van der Waals surface area contributed by atoms with E-state index in [0.717, 1.165) is 42.1 Å². The molecule has 148 valence electrons. The number of fused-ring (bicyclic) bond motifs is 1. The summed E-state index contributed by atoms with van der Waals surface area (Å²) < 4.78 is 6.51. The lowest BCUT2D eigenvalue weighted by Gasteiger charge is -2.31. The van der Waals surface area contributed by atoms with Gasteiger partial charge in [0.05, 0.1) is 10.2 Å². The van der Waals surface area contributed by atoms with Crippen molar-refractivity contribution in [1.29, 1.82) is 5.26 Å². The van der Waals surface area contributed by atoms with Crippen LogP contribution in [0.3, 0.4) is 0 Å². The number of nitrogens with zero attached hydrogens (tertiary/aromatic N) is 3. The molecule has 1 aromatic heterocycles.